The number of urea groups is 1. The zero-order valence-corrected chi connectivity index (χ0v) is 23.2. The van der Waals surface area contributed by atoms with Crippen LogP contribution in [0.4, 0.5) is 20.7 Å². The molecule has 0 radical (unpaired) electrons. The zero-order valence-electron chi connectivity index (χ0n) is 23.2. The number of nitrogens with zero attached hydrogens (tertiary/aromatic N) is 6. The van der Waals surface area contributed by atoms with E-state index in [2.05, 4.69) is 15.5 Å². The van der Waals surface area contributed by atoms with Crippen molar-refractivity contribution >= 4 is 34.5 Å². The van der Waals surface area contributed by atoms with Crippen molar-refractivity contribution in [2.45, 2.75) is 18.9 Å². The van der Waals surface area contributed by atoms with Gasteiger partial charge in [-0.3, -0.25) is 4.79 Å². The van der Waals surface area contributed by atoms with Crippen molar-refractivity contribution in [1.29, 1.82) is 0 Å². The molecule has 0 atom stereocenters. The summed E-state index contributed by atoms with van der Waals surface area (Å²) in [4.78, 5) is 39.0. The number of carbonyl (C=O) groups excluding carboxylic acids is 2. The van der Waals surface area contributed by atoms with Crippen LogP contribution in [0.5, 0.6) is 0 Å². The average molecular weight is 573 g/mol. The number of hydrogen-bond acceptors (Lipinski definition) is 7. The van der Waals surface area contributed by atoms with Crippen molar-refractivity contribution < 1.29 is 18.7 Å². The van der Waals surface area contributed by atoms with E-state index in [-0.39, 0.29) is 18.5 Å². The van der Waals surface area contributed by atoms with Gasteiger partial charge in [0.2, 0.25) is 0 Å². The van der Waals surface area contributed by atoms with Gasteiger partial charge in [0.1, 0.15) is 12.5 Å². The van der Waals surface area contributed by atoms with Gasteiger partial charge in [0, 0.05) is 49.5 Å². The number of rotatable bonds is 7. The lowest BCUT2D eigenvalue weighted by Gasteiger charge is -2.32. The normalized spacial score (nSPS) is 16.0. The van der Waals surface area contributed by atoms with Gasteiger partial charge in [0.25, 0.3) is 5.91 Å². The fourth-order valence-electron chi connectivity index (χ4n) is 5.44. The third-order valence-electron chi connectivity index (χ3n) is 7.64. The van der Waals surface area contributed by atoms with E-state index in [0.717, 1.165) is 35.3 Å². The van der Waals surface area contributed by atoms with Gasteiger partial charge in [-0.05, 0) is 49.2 Å². The van der Waals surface area contributed by atoms with Crippen molar-refractivity contribution in [3.8, 4) is 11.4 Å². The number of piperidine rings is 1. The Morgan fingerprint density at radius 1 is 0.952 bits per heavy atom. The maximum absolute atomic E-state index is 13.0. The molecular formula is C30H33FN8O3. The molecule has 2 fully saturated rings. The summed E-state index contributed by atoms with van der Waals surface area (Å²) in [6.07, 6.45) is 3.38. The highest BCUT2D eigenvalue weighted by Crippen LogP contribution is 2.32. The first-order valence-corrected chi connectivity index (χ1v) is 14.2. The highest BCUT2D eigenvalue weighted by molar-refractivity contribution is 5.94. The number of ether oxygens (including phenoxy) is 1. The van der Waals surface area contributed by atoms with E-state index >= 15 is 0 Å². The number of nitrogens with one attached hydrogen (secondary N) is 2. The molecule has 12 heteroatoms. The molecule has 0 spiro atoms. The van der Waals surface area contributed by atoms with Crippen LogP contribution < -0.4 is 15.5 Å². The van der Waals surface area contributed by atoms with Crippen LogP contribution in [0.2, 0.25) is 0 Å². The number of halogens is 1. The first-order chi connectivity index (χ1) is 20.6. The molecule has 6 rings (SSSR count). The lowest BCUT2D eigenvalue weighted by atomic mass is 10.0. The molecule has 4 heterocycles. The lowest BCUT2D eigenvalue weighted by Crippen LogP contribution is -2.39. The Labute approximate surface area is 242 Å². The van der Waals surface area contributed by atoms with Crippen LogP contribution in [-0.4, -0.2) is 89.2 Å². The van der Waals surface area contributed by atoms with Crippen LogP contribution in [0.25, 0.3) is 22.4 Å². The van der Waals surface area contributed by atoms with Crippen molar-refractivity contribution in [1.82, 2.24) is 30.0 Å². The molecule has 4 aromatic rings. The first kappa shape index (κ1) is 27.6. The molecular weight excluding hydrogens is 539 g/mol. The number of benzene rings is 2. The minimum Gasteiger partial charge on any atom is -0.378 e. The van der Waals surface area contributed by atoms with Crippen LogP contribution in [0.1, 0.15) is 29.2 Å². The Kier molecular flexibility index (Phi) is 8.22. The number of alkyl halides is 1. The van der Waals surface area contributed by atoms with Crippen LogP contribution >= 0.6 is 0 Å². The van der Waals surface area contributed by atoms with Crippen molar-refractivity contribution in [2.75, 3.05) is 62.8 Å². The predicted molar refractivity (Wildman–Crippen MR) is 157 cm³/mol. The number of morpholine rings is 1. The maximum atomic E-state index is 13.0. The van der Waals surface area contributed by atoms with Crippen LogP contribution in [0.3, 0.4) is 0 Å². The molecule has 2 aliphatic heterocycles. The van der Waals surface area contributed by atoms with Crippen LogP contribution in [0, 0.1) is 0 Å². The van der Waals surface area contributed by atoms with Gasteiger partial charge in [0.05, 0.1) is 30.8 Å². The van der Waals surface area contributed by atoms with E-state index in [1.165, 1.54) is 0 Å². The highest BCUT2D eigenvalue weighted by Gasteiger charge is 2.28. The SMILES string of the molecule is O=C(NCCF)Nc1ccc(-c2nc(N3CCOCC3)c3cnn(C4CCN(C(=O)c5ccccc5)CC4)c3n2)cc1. The molecule has 2 aliphatic rings. The molecule has 2 N–H and O–H groups in total. The van der Waals surface area contributed by atoms with Crippen molar-refractivity contribution in [2.24, 2.45) is 0 Å². The molecule has 0 saturated carbocycles. The molecule has 3 amide bonds. The monoisotopic (exact) mass is 572 g/mol. The number of carbonyl (C=O) groups is 2. The number of likely N-dealkylation sites (tertiary alicyclic amines) is 1. The fourth-order valence-corrected chi connectivity index (χ4v) is 5.44. The second-order valence-corrected chi connectivity index (χ2v) is 10.3. The minimum absolute atomic E-state index is 0.0435. The minimum atomic E-state index is -0.626. The van der Waals surface area contributed by atoms with E-state index in [4.69, 9.17) is 19.8 Å². The Morgan fingerprint density at radius 2 is 1.69 bits per heavy atom. The largest absolute Gasteiger partial charge is 0.378 e. The number of fused-ring (bicyclic) bond motifs is 1. The summed E-state index contributed by atoms with van der Waals surface area (Å²) in [5.74, 6) is 1.42. The lowest BCUT2D eigenvalue weighted by molar-refractivity contribution is 0.0691. The summed E-state index contributed by atoms with van der Waals surface area (Å²) in [7, 11) is 0. The predicted octanol–water partition coefficient (Wildman–Crippen LogP) is 3.90. The second-order valence-electron chi connectivity index (χ2n) is 10.3. The number of anilines is 2. The van der Waals surface area contributed by atoms with Crippen molar-refractivity contribution in [3.05, 3.63) is 66.4 Å². The summed E-state index contributed by atoms with van der Waals surface area (Å²) in [6, 6.07) is 16.2. The van der Waals surface area contributed by atoms with Gasteiger partial charge in [0.15, 0.2) is 11.5 Å². The van der Waals surface area contributed by atoms with Crippen LogP contribution in [-0.2, 0) is 4.74 Å². The maximum Gasteiger partial charge on any atom is 0.319 e. The van der Waals surface area contributed by atoms with Gasteiger partial charge < -0.3 is 25.2 Å². The Hall–Kier alpha value is -4.58. The Balaban J connectivity index is 1.27. The third-order valence-corrected chi connectivity index (χ3v) is 7.64. The summed E-state index contributed by atoms with van der Waals surface area (Å²) in [5, 5.41) is 10.8. The Bertz CT molecular complexity index is 1530. The molecule has 11 nitrogen and oxygen atoms in total. The summed E-state index contributed by atoms with van der Waals surface area (Å²) in [5.41, 5.74) is 2.82. The molecule has 0 aliphatic carbocycles. The average Bonchev–Trinajstić information content (AvgIpc) is 3.48. The van der Waals surface area contributed by atoms with Gasteiger partial charge in [-0.25, -0.2) is 23.8 Å². The molecule has 0 unspecified atom stereocenters. The van der Waals surface area contributed by atoms with E-state index in [0.29, 0.717) is 56.5 Å². The fraction of sp³-hybridized carbons (Fsp3) is 0.367. The van der Waals surface area contributed by atoms with Gasteiger partial charge in [-0.1, -0.05) is 18.2 Å². The second kappa shape index (κ2) is 12.5. The first-order valence-electron chi connectivity index (χ1n) is 14.2. The molecule has 42 heavy (non-hydrogen) atoms. The topological polar surface area (TPSA) is 118 Å². The quantitative estimate of drug-likeness (QED) is 0.345. The van der Waals surface area contributed by atoms with E-state index in [1.807, 2.05) is 58.2 Å². The number of aromatic nitrogens is 4. The Morgan fingerprint density at radius 3 is 2.40 bits per heavy atom. The molecule has 218 valence electrons. The molecule has 0 bridgehead atoms. The smallest absolute Gasteiger partial charge is 0.319 e. The molecule has 2 aromatic carbocycles. The summed E-state index contributed by atoms with van der Waals surface area (Å²) < 4.78 is 19.9. The summed E-state index contributed by atoms with van der Waals surface area (Å²) in [6.45, 7) is 3.28. The zero-order chi connectivity index (χ0) is 28.9. The number of amides is 3. The van der Waals surface area contributed by atoms with Gasteiger partial charge >= 0.3 is 6.03 Å². The van der Waals surface area contributed by atoms with Gasteiger partial charge in [-0.2, -0.15) is 5.10 Å². The number of hydrogen-bond donors (Lipinski definition) is 2. The highest BCUT2D eigenvalue weighted by atomic mass is 19.1. The standard InChI is InChI=1S/C30H33FN8O3/c31-12-13-32-30(41)34-23-8-6-21(7-9-23)26-35-27(37-16-18-42-19-17-37)25-20-33-39(28(25)36-26)24-10-14-38(15-11-24)29(40)22-4-2-1-3-5-22/h1-9,20,24H,10-19H2,(H2,32,34,41). The molecule has 2 saturated heterocycles. The van der Waals surface area contributed by atoms with Crippen LogP contribution in [0.15, 0.2) is 60.8 Å². The summed E-state index contributed by atoms with van der Waals surface area (Å²) >= 11 is 0. The van der Waals surface area contributed by atoms with E-state index < -0.39 is 12.7 Å². The van der Waals surface area contributed by atoms with E-state index in [1.54, 1.807) is 12.1 Å². The van der Waals surface area contributed by atoms with E-state index in [9.17, 15) is 14.0 Å². The molecule has 2 aromatic heterocycles. The van der Waals surface area contributed by atoms with Gasteiger partial charge in [-0.15, -0.1) is 0 Å². The van der Waals surface area contributed by atoms with Crippen molar-refractivity contribution in [3.63, 3.8) is 0 Å². The third kappa shape index (κ3) is 5.89.